The largest absolute Gasteiger partial charge is 0.455 e. The van der Waals surface area contributed by atoms with E-state index in [1.807, 2.05) is 30.3 Å². The summed E-state index contributed by atoms with van der Waals surface area (Å²) in [5.74, 6) is 0. The molecule has 3 aromatic heterocycles. The van der Waals surface area contributed by atoms with Crippen LogP contribution in [-0.2, 0) is 0 Å². The minimum atomic E-state index is 0.884. The monoisotopic (exact) mass is 880 g/mol. The highest BCUT2D eigenvalue weighted by Crippen LogP contribution is 2.43. The fourth-order valence-corrected chi connectivity index (χ4v) is 10.5. The zero-order valence-corrected chi connectivity index (χ0v) is 37.3. The van der Waals surface area contributed by atoms with Crippen molar-refractivity contribution < 1.29 is 13.3 Å². The first-order valence-corrected chi connectivity index (χ1v) is 23.5. The van der Waals surface area contributed by atoms with Crippen LogP contribution in [0.1, 0.15) is 0 Å². The van der Waals surface area contributed by atoms with Gasteiger partial charge in [0.05, 0.1) is 0 Å². The molecule has 0 aliphatic rings. The van der Waals surface area contributed by atoms with Crippen LogP contribution in [0.4, 0.5) is 0 Å². The van der Waals surface area contributed by atoms with E-state index in [-0.39, 0.29) is 0 Å². The molecule has 69 heavy (non-hydrogen) atoms. The molecule has 0 fully saturated rings. The summed E-state index contributed by atoms with van der Waals surface area (Å²) in [6.45, 7) is 0. The Bertz CT molecular complexity index is 4110. The molecule has 3 heteroatoms. The number of fused-ring (bicyclic) bond motifs is 9. The van der Waals surface area contributed by atoms with E-state index < -0.39 is 0 Å². The number of furan rings is 3. The lowest BCUT2D eigenvalue weighted by atomic mass is 9.90. The van der Waals surface area contributed by atoms with Crippen molar-refractivity contribution in [3.63, 3.8) is 0 Å². The molecule has 11 aromatic carbocycles. The summed E-state index contributed by atoms with van der Waals surface area (Å²) in [4.78, 5) is 0. The van der Waals surface area contributed by atoms with Gasteiger partial charge in [0.1, 0.15) is 33.5 Å². The average Bonchev–Trinajstić information content (AvgIpc) is 4.13. The molecule has 0 amide bonds. The van der Waals surface area contributed by atoms with Gasteiger partial charge in [-0.2, -0.15) is 0 Å². The predicted molar refractivity (Wildman–Crippen MR) is 286 cm³/mol. The Labute approximate surface area is 397 Å². The molecule has 0 aliphatic heterocycles. The van der Waals surface area contributed by atoms with Gasteiger partial charge in [0.25, 0.3) is 0 Å². The Balaban J connectivity index is 0.887. The minimum absolute atomic E-state index is 0.884. The summed E-state index contributed by atoms with van der Waals surface area (Å²) in [6, 6.07) is 86.6. The highest BCUT2D eigenvalue weighted by atomic mass is 16.3. The van der Waals surface area contributed by atoms with E-state index in [0.29, 0.717) is 0 Å². The summed E-state index contributed by atoms with van der Waals surface area (Å²) in [6.07, 6.45) is 0. The van der Waals surface area contributed by atoms with Crippen molar-refractivity contribution in [2.45, 2.75) is 0 Å². The van der Waals surface area contributed by atoms with Gasteiger partial charge in [-0.25, -0.2) is 0 Å². The third kappa shape index (κ3) is 6.58. The first kappa shape index (κ1) is 39.0. The molecule has 0 spiro atoms. The summed E-state index contributed by atoms with van der Waals surface area (Å²) in [5, 5.41) is 6.73. The number of para-hydroxylation sites is 6. The van der Waals surface area contributed by atoms with Crippen LogP contribution in [0.2, 0.25) is 0 Å². The summed E-state index contributed by atoms with van der Waals surface area (Å²) < 4.78 is 19.6. The fourth-order valence-electron chi connectivity index (χ4n) is 10.5. The van der Waals surface area contributed by atoms with Crippen LogP contribution < -0.4 is 0 Å². The van der Waals surface area contributed by atoms with E-state index >= 15 is 0 Å². The van der Waals surface area contributed by atoms with Gasteiger partial charge in [0, 0.05) is 49.0 Å². The van der Waals surface area contributed by atoms with Gasteiger partial charge in [-0.1, -0.05) is 182 Å². The Morgan fingerprint density at radius 3 is 0.797 bits per heavy atom. The second-order valence-electron chi connectivity index (χ2n) is 18.0. The molecule has 0 N–H and O–H groups in total. The molecule has 14 aromatic rings. The number of benzene rings is 11. The smallest absolute Gasteiger partial charge is 0.143 e. The van der Waals surface area contributed by atoms with E-state index in [1.54, 1.807) is 0 Å². The molecule has 0 bridgehead atoms. The molecular weight excluding hydrogens is 841 g/mol. The Morgan fingerprint density at radius 2 is 0.420 bits per heavy atom. The van der Waals surface area contributed by atoms with Crippen molar-refractivity contribution >= 4 is 65.8 Å². The number of rotatable bonds is 7. The second kappa shape index (κ2) is 15.7. The van der Waals surface area contributed by atoms with Gasteiger partial charge in [-0.15, -0.1) is 0 Å². The Kier molecular flexibility index (Phi) is 8.90. The van der Waals surface area contributed by atoms with Crippen molar-refractivity contribution in [2.75, 3.05) is 0 Å². The van der Waals surface area contributed by atoms with Crippen molar-refractivity contribution in [1.29, 1.82) is 0 Å². The number of hydrogen-bond donors (Lipinski definition) is 0. The van der Waals surface area contributed by atoms with Gasteiger partial charge >= 0.3 is 0 Å². The highest BCUT2D eigenvalue weighted by molar-refractivity contribution is 6.12. The molecule has 0 atom stereocenters. The Hall–Kier alpha value is -9.18. The molecule has 0 radical (unpaired) electrons. The normalized spacial score (nSPS) is 11.8. The van der Waals surface area contributed by atoms with Crippen LogP contribution in [0.5, 0.6) is 0 Å². The van der Waals surface area contributed by atoms with Crippen LogP contribution in [0.25, 0.3) is 144 Å². The SMILES string of the molecule is c1cc(-c2cccc(-c3cccc4c3oc3ccccc34)c2)cc(-c2cc(-c3cccc(-c4cccc(-c5cccc6c5oc5ccccc56)c4)c3)cc(-c3cccc4c3oc3ccccc34)c2)c1. The zero-order valence-electron chi connectivity index (χ0n) is 37.3. The predicted octanol–water partition coefficient (Wildman–Crippen LogP) is 19.1. The molecule has 3 nitrogen and oxygen atoms in total. The van der Waals surface area contributed by atoms with Gasteiger partial charge in [0.2, 0.25) is 0 Å². The minimum Gasteiger partial charge on any atom is -0.455 e. The average molecular weight is 881 g/mol. The van der Waals surface area contributed by atoms with Gasteiger partial charge in [0.15, 0.2) is 0 Å². The van der Waals surface area contributed by atoms with Crippen LogP contribution >= 0.6 is 0 Å². The maximum absolute atomic E-state index is 6.65. The van der Waals surface area contributed by atoms with E-state index in [0.717, 1.165) is 144 Å². The van der Waals surface area contributed by atoms with Crippen molar-refractivity contribution in [3.8, 4) is 77.9 Å². The van der Waals surface area contributed by atoms with Gasteiger partial charge in [-0.3, -0.25) is 0 Å². The molecule has 0 saturated heterocycles. The van der Waals surface area contributed by atoms with E-state index in [1.165, 1.54) is 0 Å². The maximum atomic E-state index is 6.65. The molecule has 322 valence electrons. The highest BCUT2D eigenvalue weighted by Gasteiger charge is 2.18. The summed E-state index contributed by atoms with van der Waals surface area (Å²) in [5.41, 5.74) is 20.9. The second-order valence-corrected chi connectivity index (χ2v) is 18.0. The van der Waals surface area contributed by atoms with Crippen LogP contribution in [0.3, 0.4) is 0 Å². The first-order valence-electron chi connectivity index (χ1n) is 23.5. The summed E-state index contributed by atoms with van der Waals surface area (Å²) >= 11 is 0. The lowest BCUT2D eigenvalue weighted by Crippen LogP contribution is -1.89. The third-order valence-electron chi connectivity index (χ3n) is 13.9. The van der Waals surface area contributed by atoms with Crippen LogP contribution in [0, 0.1) is 0 Å². The zero-order chi connectivity index (χ0) is 45.4. The Morgan fingerprint density at radius 1 is 0.174 bits per heavy atom. The maximum Gasteiger partial charge on any atom is 0.143 e. The van der Waals surface area contributed by atoms with Crippen LogP contribution in [-0.4, -0.2) is 0 Å². The standard InChI is InChI=1S/C66H40O3/c1-4-31-61-55(22-1)58-28-11-25-52(64(58)67-61)47-20-9-16-43(36-47)41-14-7-18-45(34-41)49-38-50(40-51(39-49)54-27-13-30-60-57-24-3-6-33-63(57)69-66(54)60)46-19-8-15-42(35-46)44-17-10-21-48(37-44)53-26-12-29-59-56-23-2-5-32-62(56)68-65(53)59/h1-40H. The summed E-state index contributed by atoms with van der Waals surface area (Å²) in [7, 11) is 0. The van der Waals surface area contributed by atoms with E-state index in [2.05, 4.69) is 212 Å². The number of hydrogen-bond acceptors (Lipinski definition) is 3. The molecular formula is C66H40O3. The first-order chi connectivity index (χ1) is 34.2. The lowest BCUT2D eigenvalue weighted by molar-refractivity contribution is 0.669. The molecule has 14 rings (SSSR count). The van der Waals surface area contributed by atoms with E-state index in [4.69, 9.17) is 13.3 Å². The quantitative estimate of drug-likeness (QED) is 0.160. The molecule has 0 saturated carbocycles. The molecule has 0 aliphatic carbocycles. The lowest BCUT2D eigenvalue weighted by Gasteiger charge is -2.14. The molecule has 3 heterocycles. The van der Waals surface area contributed by atoms with Gasteiger partial charge < -0.3 is 13.3 Å². The van der Waals surface area contributed by atoms with Crippen molar-refractivity contribution in [1.82, 2.24) is 0 Å². The van der Waals surface area contributed by atoms with Gasteiger partial charge in [-0.05, 0) is 122 Å². The van der Waals surface area contributed by atoms with Crippen LogP contribution in [0.15, 0.2) is 256 Å². The fraction of sp³-hybridized carbons (Fsp3) is 0. The van der Waals surface area contributed by atoms with Crippen molar-refractivity contribution in [3.05, 3.63) is 243 Å². The van der Waals surface area contributed by atoms with E-state index in [9.17, 15) is 0 Å². The van der Waals surface area contributed by atoms with Crippen molar-refractivity contribution in [2.24, 2.45) is 0 Å². The molecule has 0 unspecified atom stereocenters. The topological polar surface area (TPSA) is 39.4 Å². The third-order valence-corrected chi connectivity index (χ3v) is 13.9.